The van der Waals surface area contributed by atoms with Crippen LogP contribution < -0.4 is 11.1 Å². The largest absolute Gasteiger partial charge is 0.382 e. The molecule has 0 saturated heterocycles. The molecule has 1 aromatic carbocycles. The number of nitrogens with zero attached hydrogens (tertiary/aromatic N) is 6. The Balaban J connectivity index is 1.77. The van der Waals surface area contributed by atoms with Gasteiger partial charge in [0, 0.05) is 12.7 Å². The van der Waals surface area contributed by atoms with Gasteiger partial charge in [-0.2, -0.15) is 15.1 Å². The van der Waals surface area contributed by atoms with E-state index in [4.69, 9.17) is 10.7 Å². The second kappa shape index (κ2) is 7.30. The molecule has 0 bridgehead atoms. The van der Waals surface area contributed by atoms with Gasteiger partial charge in [-0.3, -0.25) is 4.57 Å². The summed E-state index contributed by atoms with van der Waals surface area (Å²) < 4.78 is 3.80. The molecule has 8 heteroatoms. The molecule has 0 aliphatic rings. The molecule has 0 aliphatic carbocycles. The van der Waals surface area contributed by atoms with E-state index in [1.54, 1.807) is 10.9 Å². The van der Waals surface area contributed by atoms with E-state index in [0.29, 0.717) is 28.9 Å². The van der Waals surface area contributed by atoms with Gasteiger partial charge in [-0.05, 0) is 31.4 Å². The van der Waals surface area contributed by atoms with Gasteiger partial charge in [-0.15, -0.1) is 0 Å². The first-order valence-corrected chi connectivity index (χ1v) is 9.43. The number of nitrogen functional groups attached to an aromatic ring is 1. The average molecular weight is 376 g/mol. The highest BCUT2D eigenvalue weighted by atomic mass is 15.4. The molecule has 1 unspecified atom stereocenters. The zero-order chi connectivity index (χ0) is 19.7. The highest BCUT2D eigenvalue weighted by Gasteiger charge is 2.19. The second-order valence-corrected chi connectivity index (χ2v) is 6.91. The highest BCUT2D eigenvalue weighted by Crippen LogP contribution is 2.25. The number of hydrogen-bond donors (Lipinski definition) is 2. The lowest BCUT2D eigenvalue weighted by Crippen LogP contribution is -2.12. The highest BCUT2D eigenvalue weighted by molar-refractivity contribution is 5.84. The normalized spacial score (nSPS) is 12.4. The Morgan fingerprint density at radius 1 is 1.14 bits per heavy atom. The summed E-state index contributed by atoms with van der Waals surface area (Å²) in [6, 6.07) is 10.2. The van der Waals surface area contributed by atoms with Crippen molar-refractivity contribution >= 4 is 22.9 Å². The number of aryl methyl sites for hydroxylation is 2. The van der Waals surface area contributed by atoms with Crippen LogP contribution in [0.5, 0.6) is 0 Å². The van der Waals surface area contributed by atoms with E-state index in [0.717, 1.165) is 24.1 Å². The fourth-order valence-corrected chi connectivity index (χ4v) is 3.22. The molecule has 0 radical (unpaired) electrons. The van der Waals surface area contributed by atoms with Crippen molar-refractivity contribution in [1.29, 1.82) is 0 Å². The number of aromatic nitrogens is 6. The van der Waals surface area contributed by atoms with Crippen molar-refractivity contribution in [3.8, 4) is 5.95 Å². The predicted octanol–water partition coefficient (Wildman–Crippen LogP) is 3.49. The number of benzene rings is 1. The molecule has 1 atom stereocenters. The van der Waals surface area contributed by atoms with E-state index in [9.17, 15) is 0 Å². The summed E-state index contributed by atoms with van der Waals surface area (Å²) >= 11 is 0. The van der Waals surface area contributed by atoms with Crippen LogP contribution in [-0.2, 0) is 6.54 Å². The monoisotopic (exact) mass is 376 g/mol. The van der Waals surface area contributed by atoms with Crippen LogP contribution in [0.3, 0.4) is 0 Å². The zero-order valence-electron chi connectivity index (χ0n) is 16.3. The Labute approximate surface area is 163 Å². The van der Waals surface area contributed by atoms with E-state index in [1.165, 1.54) is 0 Å². The average Bonchev–Trinajstić information content (AvgIpc) is 3.27. The van der Waals surface area contributed by atoms with Crippen molar-refractivity contribution in [3.05, 3.63) is 53.9 Å². The molecule has 3 N–H and O–H groups in total. The lowest BCUT2D eigenvalue weighted by atomic mass is 10.1. The molecule has 3 heterocycles. The van der Waals surface area contributed by atoms with Crippen LogP contribution in [0.1, 0.15) is 37.4 Å². The smallest absolute Gasteiger partial charge is 0.233 e. The van der Waals surface area contributed by atoms with Gasteiger partial charge in [-0.1, -0.05) is 37.3 Å². The lowest BCUT2D eigenvalue weighted by Gasteiger charge is -2.14. The minimum atomic E-state index is 0.0498. The molecule has 0 fully saturated rings. The Kier molecular flexibility index (Phi) is 4.68. The topological polar surface area (TPSA) is 99.5 Å². The quantitative estimate of drug-likeness (QED) is 0.534. The van der Waals surface area contributed by atoms with Crippen LogP contribution in [0.2, 0.25) is 0 Å². The summed E-state index contributed by atoms with van der Waals surface area (Å²) in [5.74, 6) is 1.54. The molecule has 28 heavy (non-hydrogen) atoms. The van der Waals surface area contributed by atoms with Crippen molar-refractivity contribution in [1.82, 2.24) is 29.3 Å². The Hall–Kier alpha value is -3.42. The summed E-state index contributed by atoms with van der Waals surface area (Å²) in [6.07, 6.45) is 4.68. The van der Waals surface area contributed by atoms with Gasteiger partial charge in [0.1, 0.15) is 0 Å². The summed E-state index contributed by atoms with van der Waals surface area (Å²) in [7, 11) is 0. The molecule has 0 aliphatic heterocycles. The number of nitrogens with one attached hydrogen (secondary N) is 1. The Morgan fingerprint density at radius 3 is 2.61 bits per heavy atom. The summed E-state index contributed by atoms with van der Waals surface area (Å²) in [5, 5.41) is 7.74. The zero-order valence-corrected chi connectivity index (χ0v) is 16.3. The van der Waals surface area contributed by atoms with Crippen LogP contribution >= 0.6 is 0 Å². The standard InChI is InChI=1S/C20H24N8/c1-4-10-27-18-16(24-20(27)28-12-13(2)11-22-28)17(21)25-19(26-18)23-14(3)15-8-6-5-7-9-15/h5-9,11-12,14H,4,10H2,1-3H3,(H3,21,23,25,26). The van der Waals surface area contributed by atoms with Crippen molar-refractivity contribution in [3.63, 3.8) is 0 Å². The minimum Gasteiger partial charge on any atom is -0.382 e. The number of rotatable bonds is 6. The first-order valence-electron chi connectivity index (χ1n) is 9.43. The van der Waals surface area contributed by atoms with Gasteiger partial charge in [-0.25, -0.2) is 9.67 Å². The van der Waals surface area contributed by atoms with Gasteiger partial charge in [0.05, 0.1) is 12.2 Å². The molecule has 0 amide bonds. The summed E-state index contributed by atoms with van der Waals surface area (Å²) in [6.45, 7) is 6.94. The molecular weight excluding hydrogens is 352 g/mol. The van der Waals surface area contributed by atoms with E-state index in [1.807, 2.05) is 35.9 Å². The van der Waals surface area contributed by atoms with Gasteiger partial charge in [0.15, 0.2) is 17.0 Å². The third-order valence-corrected chi connectivity index (χ3v) is 4.61. The van der Waals surface area contributed by atoms with Crippen LogP contribution in [0.4, 0.5) is 11.8 Å². The molecule has 4 aromatic rings. The van der Waals surface area contributed by atoms with Crippen molar-refractivity contribution in [2.75, 3.05) is 11.1 Å². The van der Waals surface area contributed by atoms with Crippen LogP contribution in [0, 0.1) is 6.92 Å². The number of nitrogens with two attached hydrogens (primary N) is 1. The maximum absolute atomic E-state index is 6.24. The summed E-state index contributed by atoms with van der Waals surface area (Å²) in [4.78, 5) is 13.8. The number of imidazole rings is 1. The lowest BCUT2D eigenvalue weighted by molar-refractivity contribution is 0.647. The van der Waals surface area contributed by atoms with Crippen LogP contribution in [0.25, 0.3) is 17.1 Å². The van der Waals surface area contributed by atoms with E-state index < -0.39 is 0 Å². The fraction of sp³-hybridized carbons (Fsp3) is 0.300. The second-order valence-electron chi connectivity index (χ2n) is 6.91. The van der Waals surface area contributed by atoms with Gasteiger partial charge in [0.25, 0.3) is 0 Å². The molecule has 0 spiro atoms. The van der Waals surface area contributed by atoms with E-state index in [2.05, 4.69) is 46.4 Å². The van der Waals surface area contributed by atoms with Gasteiger partial charge < -0.3 is 11.1 Å². The Bertz CT molecular complexity index is 1100. The number of anilines is 2. The molecule has 3 aromatic heterocycles. The fourth-order valence-electron chi connectivity index (χ4n) is 3.22. The van der Waals surface area contributed by atoms with Crippen LogP contribution in [0.15, 0.2) is 42.7 Å². The van der Waals surface area contributed by atoms with Crippen molar-refractivity contribution in [2.24, 2.45) is 0 Å². The third-order valence-electron chi connectivity index (χ3n) is 4.61. The molecule has 0 saturated carbocycles. The maximum atomic E-state index is 6.24. The molecular formula is C20H24N8. The first-order chi connectivity index (χ1) is 13.6. The van der Waals surface area contributed by atoms with E-state index >= 15 is 0 Å². The minimum absolute atomic E-state index is 0.0498. The molecule has 8 nitrogen and oxygen atoms in total. The van der Waals surface area contributed by atoms with Gasteiger partial charge >= 0.3 is 0 Å². The predicted molar refractivity (Wildman–Crippen MR) is 110 cm³/mol. The first kappa shape index (κ1) is 18.0. The van der Waals surface area contributed by atoms with E-state index in [-0.39, 0.29) is 6.04 Å². The van der Waals surface area contributed by atoms with Crippen molar-refractivity contribution in [2.45, 2.75) is 39.8 Å². The molecule has 144 valence electrons. The van der Waals surface area contributed by atoms with Gasteiger partial charge in [0.2, 0.25) is 11.9 Å². The van der Waals surface area contributed by atoms with Crippen molar-refractivity contribution < 1.29 is 0 Å². The Morgan fingerprint density at radius 2 is 1.93 bits per heavy atom. The van der Waals surface area contributed by atoms with Crippen LogP contribution in [-0.4, -0.2) is 29.3 Å². The number of fused-ring (bicyclic) bond motifs is 1. The third kappa shape index (κ3) is 3.28. The summed E-state index contributed by atoms with van der Waals surface area (Å²) in [5.41, 5.74) is 9.75. The maximum Gasteiger partial charge on any atom is 0.233 e. The molecule has 4 rings (SSSR count). The SMILES string of the molecule is CCCn1c(-n2cc(C)cn2)nc2c(N)nc(NC(C)c3ccccc3)nc21. The number of hydrogen-bond acceptors (Lipinski definition) is 6.